The summed E-state index contributed by atoms with van der Waals surface area (Å²) >= 11 is 0. The van der Waals surface area contributed by atoms with E-state index in [4.69, 9.17) is 5.11 Å². The van der Waals surface area contributed by atoms with Crippen molar-refractivity contribution in [2.45, 2.75) is 6.42 Å². The predicted molar refractivity (Wildman–Crippen MR) is 66.9 cm³/mol. The fourth-order valence-electron chi connectivity index (χ4n) is 1.69. The molecule has 0 bridgehead atoms. The summed E-state index contributed by atoms with van der Waals surface area (Å²) in [6.45, 7) is 0.00687. The van der Waals surface area contributed by atoms with Crippen LogP contribution in [-0.2, 0) is 6.42 Å². The summed E-state index contributed by atoms with van der Waals surface area (Å²) in [7, 11) is 0. The van der Waals surface area contributed by atoms with Gasteiger partial charge in [-0.05, 0) is 42.3 Å². The predicted octanol–water partition coefficient (Wildman–Crippen LogP) is 3.10. The zero-order valence-electron chi connectivity index (χ0n) is 9.36. The smallest absolute Gasteiger partial charge is 0.123 e. The van der Waals surface area contributed by atoms with Crippen LogP contribution < -0.4 is 5.32 Å². The van der Waals surface area contributed by atoms with Crippen LogP contribution in [0.4, 0.5) is 15.8 Å². The number of aliphatic hydroxyl groups is 1. The Bertz CT molecular complexity index is 485. The fourth-order valence-corrected chi connectivity index (χ4v) is 1.69. The van der Waals surface area contributed by atoms with Crippen LogP contribution in [-0.4, -0.2) is 11.7 Å². The third-order valence-electron chi connectivity index (χ3n) is 2.50. The van der Waals surface area contributed by atoms with Gasteiger partial charge >= 0.3 is 0 Å². The van der Waals surface area contributed by atoms with Crippen LogP contribution in [0.15, 0.2) is 48.5 Å². The number of halogens is 1. The Labute approximate surface area is 99.7 Å². The van der Waals surface area contributed by atoms with Crippen LogP contribution in [0.1, 0.15) is 5.56 Å². The molecule has 0 heterocycles. The summed E-state index contributed by atoms with van der Waals surface area (Å²) in [6.07, 6.45) is 0.437. The summed E-state index contributed by atoms with van der Waals surface area (Å²) in [5.74, 6) is -0.285. The Morgan fingerprint density at radius 1 is 1.06 bits per heavy atom. The van der Waals surface area contributed by atoms with E-state index in [1.807, 2.05) is 30.3 Å². The molecule has 0 unspecified atom stereocenters. The summed E-state index contributed by atoms with van der Waals surface area (Å²) in [5, 5.41) is 12.2. The van der Waals surface area contributed by atoms with Crippen LogP contribution in [0.2, 0.25) is 0 Å². The first-order valence-corrected chi connectivity index (χ1v) is 5.51. The summed E-state index contributed by atoms with van der Waals surface area (Å²) in [4.78, 5) is 0. The third-order valence-corrected chi connectivity index (χ3v) is 2.50. The highest BCUT2D eigenvalue weighted by Crippen LogP contribution is 2.22. The van der Waals surface area contributed by atoms with Crippen molar-refractivity contribution in [1.29, 1.82) is 0 Å². The Morgan fingerprint density at radius 2 is 1.82 bits per heavy atom. The van der Waals surface area contributed by atoms with Crippen molar-refractivity contribution in [3.8, 4) is 0 Å². The molecule has 0 spiro atoms. The first kappa shape index (κ1) is 11.6. The lowest BCUT2D eigenvalue weighted by Crippen LogP contribution is -1.99. The summed E-state index contributed by atoms with van der Waals surface area (Å²) in [6, 6.07) is 14.2. The van der Waals surface area contributed by atoms with E-state index in [1.54, 1.807) is 6.07 Å². The van der Waals surface area contributed by atoms with Crippen LogP contribution in [0.5, 0.6) is 0 Å². The molecule has 2 nitrogen and oxygen atoms in total. The molecule has 0 saturated carbocycles. The maximum absolute atomic E-state index is 13.1. The molecule has 0 aliphatic heterocycles. The van der Waals surface area contributed by atoms with Crippen molar-refractivity contribution in [3.63, 3.8) is 0 Å². The largest absolute Gasteiger partial charge is 0.396 e. The van der Waals surface area contributed by atoms with Gasteiger partial charge in [-0.2, -0.15) is 0 Å². The molecule has 2 aromatic rings. The Kier molecular flexibility index (Phi) is 3.73. The molecule has 0 radical (unpaired) electrons. The van der Waals surface area contributed by atoms with Gasteiger partial charge in [-0.25, -0.2) is 4.39 Å². The van der Waals surface area contributed by atoms with E-state index in [0.717, 1.165) is 16.9 Å². The lowest BCUT2D eigenvalue weighted by Gasteiger charge is -2.11. The van der Waals surface area contributed by atoms with Crippen molar-refractivity contribution in [2.75, 3.05) is 11.9 Å². The van der Waals surface area contributed by atoms with Gasteiger partial charge in [0.25, 0.3) is 0 Å². The maximum Gasteiger partial charge on any atom is 0.123 e. The molecule has 2 N–H and O–H groups in total. The quantitative estimate of drug-likeness (QED) is 0.847. The first-order valence-electron chi connectivity index (χ1n) is 5.51. The molecule has 0 saturated heterocycles. The van der Waals surface area contributed by atoms with Gasteiger partial charge in [0.1, 0.15) is 5.82 Å². The van der Waals surface area contributed by atoms with E-state index in [0.29, 0.717) is 6.42 Å². The number of hydrogen-bond donors (Lipinski definition) is 2. The molecule has 0 aromatic heterocycles. The van der Waals surface area contributed by atoms with Crippen LogP contribution in [0.3, 0.4) is 0 Å². The van der Waals surface area contributed by atoms with Crippen molar-refractivity contribution in [1.82, 2.24) is 0 Å². The monoisotopic (exact) mass is 231 g/mol. The Hall–Kier alpha value is -1.87. The van der Waals surface area contributed by atoms with Gasteiger partial charge in [0.2, 0.25) is 0 Å². The third kappa shape index (κ3) is 3.04. The first-order chi connectivity index (χ1) is 8.29. The zero-order valence-corrected chi connectivity index (χ0v) is 9.36. The zero-order chi connectivity index (χ0) is 12.1. The molecular weight excluding hydrogens is 217 g/mol. The van der Waals surface area contributed by atoms with Gasteiger partial charge < -0.3 is 10.4 Å². The normalized spacial score (nSPS) is 10.2. The van der Waals surface area contributed by atoms with Gasteiger partial charge in [-0.15, -0.1) is 0 Å². The number of benzene rings is 2. The van der Waals surface area contributed by atoms with Gasteiger partial charge in [0.15, 0.2) is 0 Å². The second-order valence-electron chi connectivity index (χ2n) is 3.77. The SMILES string of the molecule is OCCc1cc(F)ccc1Nc1ccccc1. The molecule has 88 valence electrons. The minimum Gasteiger partial charge on any atom is -0.396 e. The van der Waals surface area contributed by atoms with Crippen LogP contribution in [0.25, 0.3) is 0 Å². The molecule has 0 aliphatic rings. The van der Waals surface area contributed by atoms with E-state index in [9.17, 15) is 4.39 Å². The maximum atomic E-state index is 13.1. The highest BCUT2D eigenvalue weighted by atomic mass is 19.1. The molecule has 0 aliphatic carbocycles. The fraction of sp³-hybridized carbons (Fsp3) is 0.143. The molecule has 2 rings (SSSR count). The minimum atomic E-state index is -0.285. The number of rotatable bonds is 4. The van der Waals surface area contributed by atoms with E-state index < -0.39 is 0 Å². The lowest BCUT2D eigenvalue weighted by atomic mass is 10.1. The minimum absolute atomic E-state index is 0.00687. The van der Waals surface area contributed by atoms with Crippen molar-refractivity contribution < 1.29 is 9.50 Å². The van der Waals surface area contributed by atoms with E-state index >= 15 is 0 Å². The van der Waals surface area contributed by atoms with E-state index in [-0.39, 0.29) is 12.4 Å². The topological polar surface area (TPSA) is 32.3 Å². The Morgan fingerprint density at radius 3 is 2.53 bits per heavy atom. The van der Waals surface area contributed by atoms with Gasteiger partial charge in [0.05, 0.1) is 0 Å². The number of aliphatic hydroxyl groups excluding tert-OH is 1. The standard InChI is InChI=1S/C14H14FNO/c15-12-6-7-14(11(10-12)8-9-17)16-13-4-2-1-3-5-13/h1-7,10,16-17H,8-9H2. The summed E-state index contributed by atoms with van der Waals surface area (Å²) < 4.78 is 13.1. The molecule has 17 heavy (non-hydrogen) atoms. The highest BCUT2D eigenvalue weighted by Gasteiger charge is 2.04. The van der Waals surface area contributed by atoms with Gasteiger partial charge in [-0.3, -0.25) is 0 Å². The number of nitrogens with one attached hydrogen (secondary N) is 1. The van der Waals surface area contributed by atoms with Gasteiger partial charge in [0, 0.05) is 18.0 Å². The van der Waals surface area contributed by atoms with Crippen molar-refractivity contribution >= 4 is 11.4 Å². The van der Waals surface area contributed by atoms with Crippen molar-refractivity contribution in [3.05, 3.63) is 59.9 Å². The van der Waals surface area contributed by atoms with E-state index in [1.165, 1.54) is 12.1 Å². The molecule has 3 heteroatoms. The van der Waals surface area contributed by atoms with Crippen molar-refractivity contribution in [2.24, 2.45) is 0 Å². The second-order valence-corrected chi connectivity index (χ2v) is 3.77. The Balaban J connectivity index is 2.26. The lowest BCUT2D eigenvalue weighted by molar-refractivity contribution is 0.299. The second kappa shape index (κ2) is 5.46. The summed E-state index contributed by atoms with van der Waals surface area (Å²) in [5.41, 5.74) is 2.54. The number of para-hydroxylation sites is 1. The average molecular weight is 231 g/mol. The number of hydrogen-bond acceptors (Lipinski definition) is 2. The number of anilines is 2. The molecular formula is C14H14FNO. The molecule has 2 aromatic carbocycles. The molecule has 0 fully saturated rings. The highest BCUT2D eigenvalue weighted by molar-refractivity contribution is 5.63. The van der Waals surface area contributed by atoms with Crippen LogP contribution in [0, 0.1) is 5.82 Å². The molecule has 0 atom stereocenters. The molecule has 0 amide bonds. The van der Waals surface area contributed by atoms with E-state index in [2.05, 4.69) is 5.32 Å². The van der Waals surface area contributed by atoms with Crippen LogP contribution >= 0.6 is 0 Å². The average Bonchev–Trinajstić information content (AvgIpc) is 2.34. The van der Waals surface area contributed by atoms with Gasteiger partial charge in [-0.1, -0.05) is 18.2 Å².